The number of benzene rings is 1. The number of aliphatic carboxylic acids is 1. The molecule has 0 aliphatic heterocycles. The van der Waals surface area contributed by atoms with E-state index < -0.39 is 63.2 Å². The number of hydrogen-bond donors (Lipinski definition) is 2. The van der Waals surface area contributed by atoms with Gasteiger partial charge in [0.15, 0.2) is 5.78 Å². The Labute approximate surface area is 466 Å². The Hall–Kier alpha value is -3.97. The van der Waals surface area contributed by atoms with Crippen molar-refractivity contribution >= 4 is 47.4 Å². The number of carbonyl (C=O) groups excluding carboxylic acids is 5. The third kappa shape index (κ3) is 12.4. The van der Waals surface area contributed by atoms with E-state index in [0.29, 0.717) is 28.5 Å². The van der Waals surface area contributed by atoms with Gasteiger partial charge in [-0.05, 0) is 197 Å². The standard InChI is InChI=1S/C63H96ClNO12/c1-37(2)49-42(66)32-63(45(67)36-65(53(73)77-55(6,7)8)35-38-20-22-41(64)39(30-38)31-58(13,14)76-52(72)56(9,10)33-47(68)69)29-28-61(18)40(50(49)63)21-23-44-60(17)26-25-46(59(15,16)43(60)24-27-62(44,61)19)74-48(70)34-57(11,12)51(71)75-54(3,4)5/h20,22,30,37,40,43-46,67H,21,23-29,31-36H2,1-19H3,(H,68,69)/t40-,43+,44-,45+,46+,60+,61-,62-,63+/m1/s1. The van der Waals surface area contributed by atoms with Gasteiger partial charge < -0.3 is 34.1 Å². The molecule has 1 amide bonds. The summed E-state index contributed by atoms with van der Waals surface area (Å²) >= 11 is 6.79. The fraction of sp³-hybridized carbons (Fsp3) is 0.778. The Kier molecular flexibility index (Phi) is 17.1. The van der Waals surface area contributed by atoms with Crippen molar-refractivity contribution in [2.45, 2.75) is 244 Å². The molecule has 0 spiro atoms. The zero-order chi connectivity index (χ0) is 58.2. The predicted octanol–water partition coefficient (Wildman–Crippen LogP) is 13.5. The minimum absolute atomic E-state index is 0.0377. The summed E-state index contributed by atoms with van der Waals surface area (Å²) in [5, 5.41) is 22.9. The predicted molar refractivity (Wildman–Crippen MR) is 298 cm³/mol. The summed E-state index contributed by atoms with van der Waals surface area (Å²) in [6.45, 7) is 37.1. The van der Waals surface area contributed by atoms with Gasteiger partial charge in [-0.25, -0.2) is 4.79 Å². The monoisotopic (exact) mass is 1090 g/mol. The smallest absolute Gasteiger partial charge is 0.410 e. The number of amides is 1. The van der Waals surface area contributed by atoms with Gasteiger partial charge >= 0.3 is 30.0 Å². The lowest BCUT2D eigenvalue weighted by Crippen LogP contribution is -2.66. The minimum atomic E-state index is -1.26. The van der Waals surface area contributed by atoms with E-state index in [-0.39, 0.29) is 96.0 Å². The van der Waals surface area contributed by atoms with Crippen LogP contribution in [0.15, 0.2) is 29.3 Å². The summed E-state index contributed by atoms with van der Waals surface area (Å²) in [6.07, 6.45) is 4.74. The normalized spacial score (nSPS) is 29.8. The van der Waals surface area contributed by atoms with Crippen LogP contribution in [-0.2, 0) is 55.9 Å². The van der Waals surface area contributed by atoms with Gasteiger partial charge in [-0.1, -0.05) is 77.8 Å². The van der Waals surface area contributed by atoms with Crippen LogP contribution in [0.4, 0.5) is 4.79 Å². The van der Waals surface area contributed by atoms with Crippen molar-refractivity contribution in [1.29, 1.82) is 0 Å². The third-order valence-electron chi connectivity index (χ3n) is 19.5. The molecule has 5 aliphatic carbocycles. The van der Waals surface area contributed by atoms with E-state index in [0.717, 1.165) is 56.1 Å². The number of aliphatic hydroxyl groups excluding tert-OH is 1. The fourth-order valence-electron chi connectivity index (χ4n) is 15.7. The lowest BCUT2D eigenvalue weighted by Gasteiger charge is -2.72. The highest BCUT2D eigenvalue weighted by atomic mass is 35.5. The van der Waals surface area contributed by atoms with Crippen LogP contribution in [0.2, 0.25) is 5.02 Å². The highest BCUT2D eigenvalue weighted by molar-refractivity contribution is 6.31. The molecule has 0 unspecified atom stereocenters. The first-order valence-electron chi connectivity index (χ1n) is 28.5. The molecule has 6 rings (SSSR count). The average Bonchev–Trinajstić information content (AvgIpc) is 3.57. The lowest BCUT2D eigenvalue weighted by atomic mass is 9.33. The van der Waals surface area contributed by atoms with Crippen molar-refractivity contribution in [3.05, 3.63) is 45.5 Å². The van der Waals surface area contributed by atoms with Crippen LogP contribution < -0.4 is 0 Å². The summed E-state index contributed by atoms with van der Waals surface area (Å²) in [7, 11) is 0. The van der Waals surface area contributed by atoms with Crippen LogP contribution in [-0.4, -0.2) is 86.4 Å². The largest absolute Gasteiger partial charge is 0.481 e. The average molecular weight is 1090 g/mol. The quantitative estimate of drug-likeness (QED) is 0.118. The highest BCUT2D eigenvalue weighted by Crippen LogP contribution is 2.77. The van der Waals surface area contributed by atoms with E-state index in [1.807, 2.05) is 32.9 Å². The first-order chi connectivity index (χ1) is 34.9. The van der Waals surface area contributed by atoms with Gasteiger partial charge in [0.2, 0.25) is 0 Å². The Balaban J connectivity index is 1.27. The van der Waals surface area contributed by atoms with Gasteiger partial charge in [0.1, 0.15) is 22.9 Å². The third-order valence-corrected chi connectivity index (χ3v) is 19.9. The number of halogens is 1. The van der Waals surface area contributed by atoms with Gasteiger partial charge in [0, 0.05) is 35.2 Å². The first kappa shape index (κ1) is 62.2. The molecule has 432 valence electrons. The van der Waals surface area contributed by atoms with E-state index in [2.05, 4.69) is 48.5 Å². The lowest BCUT2D eigenvalue weighted by molar-refractivity contribution is -0.235. The van der Waals surface area contributed by atoms with Crippen LogP contribution in [0.25, 0.3) is 0 Å². The molecule has 14 heteroatoms. The molecule has 0 radical (unpaired) electrons. The number of carboxylic acids is 1. The van der Waals surface area contributed by atoms with Crippen molar-refractivity contribution in [3.8, 4) is 0 Å². The fourth-order valence-corrected chi connectivity index (χ4v) is 15.8. The molecule has 1 aromatic rings. The number of Topliss-reactive ketones (excluding diaryl/α,β-unsaturated/α-hetero) is 1. The molecule has 0 saturated heterocycles. The molecule has 0 aromatic heterocycles. The first-order valence-corrected chi connectivity index (χ1v) is 28.9. The van der Waals surface area contributed by atoms with E-state index in [9.17, 15) is 39.0 Å². The van der Waals surface area contributed by atoms with E-state index in [4.69, 9.17) is 30.5 Å². The maximum atomic E-state index is 14.7. The molecular weight excluding hydrogens is 998 g/mol. The molecule has 0 bridgehead atoms. The van der Waals surface area contributed by atoms with Gasteiger partial charge in [-0.2, -0.15) is 0 Å². The Morgan fingerprint density at radius 1 is 0.740 bits per heavy atom. The van der Waals surface area contributed by atoms with Crippen LogP contribution in [0.5, 0.6) is 0 Å². The second-order valence-corrected chi connectivity index (χ2v) is 30.2. The van der Waals surface area contributed by atoms with Crippen molar-refractivity contribution in [2.75, 3.05) is 6.54 Å². The number of nitrogens with zero attached hydrogens (tertiary/aromatic N) is 1. The molecular formula is C63H96ClNO12. The van der Waals surface area contributed by atoms with E-state index in [1.54, 1.807) is 54.5 Å². The summed E-state index contributed by atoms with van der Waals surface area (Å²) in [4.78, 5) is 82.1. The summed E-state index contributed by atoms with van der Waals surface area (Å²) < 4.78 is 24.0. The van der Waals surface area contributed by atoms with Crippen LogP contribution in [0.1, 0.15) is 213 Å². The van der Waals surface area contributed by atoms with Crippen LogP contribution >= 0.6 is 11.6 Å². The minimum Gasteiger partial charge on any atom is -0.481 e. The second kappa shape index (κ2) is 21.2. The maximum absolute atomic E-state index is 14.7. The summed E-state index contributed by atoms with van der Waals surface area (Å²) in [5.74, 6) is -1.86. The van der Waals surface area contributed by atoms with Gasteiger partial charge in [-0.3, -0.25) is 24.0 Å². The Morgan fingerprint density at radius 2 is 1.34 bits per heavy atom. The number of fused-ring (bicyclic) bond motifs is 7. The number of rotatable bonds is 16. The number of carboxylic acid groups (broad SMARTS) is 1. The van der Waals surface area contributed by atoms with Crippen molar-refractivity contribution in [3.63, 3.8) is 0 Å². The molecule has 2 N–H and O–H groups in total. The molecule has 13 nitrogen and oxygen atoms in total. The van der Waals surface area contributed by atoms with E-state index in [1.165, 1.54) is 18.7 Å². The topological polar surface area (TPSA) is 183 Å². The van der Waals surface area contributed by atoms with Gasteiger partial charge in [0.05, 0.1) is 36.3 Å². The number of aliphatic hydroxyl groups is 1. The number of hydrogen-bond acceptors (Lipinski definition) is 11. The number of ketones is 1. The van der Waals surface area contributed by atoms with Crippen LogP contribution in [0.3, 0.4) is 0 Å². The molecule has 4 saturated carbocycles. The number of ether oxygens (including phenoxy) is 4. The molecule has 0 heterocycles. The molecule has 9 atom stereocenters. The van der Waals surface area contributed by atoms with Gasteiger partial charge in [-0.15, -0.1) is 0 Å². The van der Waals surface area contributed by atoms with Crippen LogP contribution in [0, 0.1) is 61.6 Å². The number of carbonyl (C=O) groups is 6. The van der Waals surface area contributed by atoms with E-state index >= 15 is 0 Å². The molecule has 77 heavy (non-hydrogen) atoms. The SMILES string of the molecule is CC(C)C1=C2[C@H]3CC[C@@H]4[C@@]5(C)CC[C@H](OC(=O)CC(C)(C)C(=O)OC(C)(C)C)C(C)(C)[C@@H]5CC[C@@]4(C)[C@]3(C)CC[C@@]2([C@@H](O)CN(Cc2ccc(Cl)c(CC(C)(C)OC(=O)C(C)(C)CC(=O)O)c2)C(=O)OC(C)(C)C)CC1=O. The summed E-state index contributed by atoms with van der Waals surface area (Å²) in [5.41, 5.74) is -3.15. The second-order valence-electron chi connectivity index (χ2n) is 29.8. The Morgan fingerprint density at radius 3 is 1.92 bits per heavy atom. The zero-order valence-corrected chi connectivity index (χ0v) is 51.2. The van der Waals surface area contributed by atoms with Crippen molar-refractivity contribution in [2.24, 2.45) is 61.6 Å². The molecule has 5 aliphatic rings. The maximum Gasteiger partial charge on any atom is 0.410 e. The van der Waals surface area contributed by atoms with Crippen molar-refractivity contribution < 1.29 is 57.9 Å². The van der Waals surface area contributed by atoms with Gasteiger partial charge in [0.25, 0.3) is 0 Å². The molecule has 1 aromatic carbocycles. The number of allylic oxidation sites excluding steroid dienone is 1. The highest BCUT2D eigenvalue weighted by Gasteiger charge is 2.71. The molecule has 4 fully saturated rings. The number of esters is 3. The zero-order valence-electron chi connectivity index (χ0n) is 50.4. The Bertz CT molecular complexity index is 2510. The summed E-state index contributed by atoms with van der Waals surface area (Å²) in [6, 6.07) is 5.42. The van der Waals surface area contributed by atoms with Crippen molar-refractivity contribution in [1.82, 2.24) is 4.90 Å².